The van der Waals surface area contributed by atoms with Crippen LogP contribution in [-0.2, 0) is 61.9 Å². The van der Waals surface area contributed by atoms with Crippen LogP contribution in [0.1, 0.15) is 68.7 Å². The standard InChI is InChI=1S/C30H43N3O14/c1-13(34)42-12-19(44-15(3)36)22(46-17(5)38)23-21(45-16(4)37)18(43-14(2)35)11-30(47-23,26(39)41-10)33-24-20(25(31)32-27(33)40)28(6,7)29(24,8)9/h18-24H,11-12H2,1-10H3,(H2,31,32,40)/t18-,19+,20-,21+,22+,23+,24-,30+/m0/s1. The lowest BCUT2D eigenvalue weighted by atomic mass is 9.42. The van der Waals surface area contributed by atoms with E-state index in [1.54, 1.807) is 0 Å². The number of carbonyl (C=O) groups is 7. The van der Waals surface area contributed by atoms with Crippen LogP contribution in [0.25, 0.3) is 0 Å². The summed E-state index contributed by atoms with van der Waals surface area (Å²) >= 11 is 0. The number of nitrogens with zero attached hydrogens (tertiary/aromatic N) is 2. The normalized spacial score (nSPS) is 30.2. The number of amidine groups is 1. The molecule has 2 amide bonds. The number of ether oxygens (including phenoxy) is 7. The highest BCUT2D eigenvalue weighted by molar-refractivity contribution is 6.01. The van der Waals surface area contributed by atoms with E-state index in [2.05, 4.69) is 4.99 Å². The largest absolute Gasteiger partial charge is 0.465 e. The Morgan fingerprint density at radius 3 is 1.96 bits per heavy atom. The van der Waals surface area contributed by atoms with Gasteiger partial charge in [0.25, 0.3) is 0 Å². The molecule has 2 heterocycles. The summed E-state index contributed by atoms with van der Waals surface area (Å²) in [6.07, 6.45) is -9.06. The van der Waals surface area contributed by atoms with Gasteiger partial charge in [0.15, 0.2) is 18.3 Å². The Morgan fingerprint density at radius 1 is 0.894 bits per heavy atom. The van der Waals surface area contributed by atoms with Gasteiger partial charge in [-0.2, -0.15) is 4.99 Å². The van der Waals surface area contributed by atoms with Crippen molar-refractivity contribution in [3.05, 3.63) is 0 Å². The topological polar surface area (TPSA) is 226 Å². The number of nitrogens with two attached hydrogens (primary N) is 1. The van der Waals surface area contributed by atoms with E-state index in [0.717, 1.165) is 46.6 Å². The van der Waals surface area contributed by atoms with Crippen molar-refractivity contribution in [2.45, 2.75) is 111 Å². The predicted molar refractivity (Wildman–Crippen MR) is 157 cm³/mol. The SMILES string of the molecule is COC(=O)[C@@]1(N2C(=O)N=C(N)[C@@H]3[C@H]2C(C)(C)C3(C)C)C[C@H](OC(C)=O)[C@@H](OC(C)=O)[C@H]([C@H](OC(C)=O)[C@@H](COC(C)=O)OC(C)=O)O1. The second-order valence-corrected chi connectivity index (χ2v) is 12.9. The molecule has 3 rings (SSSR count). The minimum Gasteiger partial charge on any atom is -0.465 e. The Kier molecular flexibility index (Phi) is 10.6. The van der Waals surface area contributed by atoms with Gasteiger partial charge in [-0.25, -0.2) is 9.59 Å². The molecule has 0 unspecified atom stereocenters. The minimum atomic E-state index is -2.48. The zero-order valence-corrected chi connectivity index (χ0v) is 28.1. The van der Waals surface area contributed by atoms with Crippen LogP contribution >= 0.6 is 0 Å². The molecule has 1 saturated carbocycles. The van der Waals surface area contributed by atoms with Crippen LogP contribution in [0.2, 0.25) is 0 Å². The van der Waals surface area contributed by atoms with Crippen LogP contribution in [0.3, 0.4) is 0 Å². The Bertz CT molecular complexity index is 1360. The number of amides is 2. The molecule has 8 atom stereocenters. The Hall–Kier alpha value is -4.28. The molecule has 0 spiro atoms. The zero-order valence-electron chi connectivity index (χ0n) is 28.1. The van der Waals surface area contributed by atoms with E-state index in [0.29, 0.717) is 0 Å². The first kappa shape index (κ1) is 37.2. The van der Waals surface area contributed by atoms with E-state index in [1.807, 2.05) is 27.7 Å². The van der Waals surface area contributed by atoms with Crippen molar-refractivity contribution < 1.29 is 66.7 Å². The Balaban J connectivity index is 2.36. The van der Waals surface area contributed by atoms with Gasteiger partial charge >= 0.3 is 41.8 Å². The lowest BCUT2D eigenvalue weighted by Gasteiger charge is -2.70. The molecule has 0 bridgehead atoms. The van der Waals surface area contributed by atoms with Crippen molar-refractivity contribution in [1.82, 2.24) is 4.90 Å². The first-order valence-corrected chi connectivity index (χ1v) is 14.9. The number of aliphatic imine (C=N–C) groups is 1. The van der Waals surface area contributed by atoms with Crippen molar-refractivity contribution in [3.8, 4) is 0 Å². The second-order valence-electron chi connectivity index (χ2n) is 12.9. The molecule has 1 saturated heterocycles. The van der Waals surface area contributed by atoms with Crippen LogP contribution in [-0.4, -0.2) is 109 Å². The first-order valence-electron chi connectivity index (χ1n) is 14.9. The van der Waals surface area contributed by atoms with Gasteiger partial charge in [0.1, 0.15) is 24.7 Å². The molecular weight excluding hydrogens is 626 g/mol. The molecular formula is C30H43N3O14. The Morgan fingerprint density at radius 2 is 1.47 bits per heavy atom. The maximum absolute atomic E-state index is 14.0. The van der Waals surface area contributed by atoms with Crippen LogP contribution in [0.4, 0.5) is 4.79 Å². The smallest absolute Gasteiger partial charge is 0.360 e. The highest BCUT2D eigenvalue weighted by Gasteiger charge is 2.73. The van der Waals surface area contributed by atoms with Gasteiger partial charge in [0, 0.05) is 47.0 Å². The van der Waals surface area contributed by atoms with Gasteiger partial charge in [-0.3, -0.25) is 28.9 Å². The van der Waals surface area contributed by atoms with Crippen LogP contribution in [0, 0.1) is 16.7 Å². The fraction of sp³-hybridized carbons (Fsp3) is 0.733. The number of hydrogen-bond acceptors (Lipinski definition) is 15. The average molecular weight is 670 g/mol. The number of fused-ring (bicyclic) bond motifs is 1. The molecule has 0 aromatic carbocycles. The fourth-order valence-corrected chi connectivity index (χ4v) is 6.78. The summed E-state index contributed by atoms with van der Waals surface area (Å²) in [6.45, 7) is 12.1. The summed E-state index contributed by atoms with van der Waals surface area (Å²) in [6, 6.07) is -1.81. The molecule has 0 aromatic heterocycles. The molecule has 17 heteroatoms. The minimum absolute atomic E-state index is 0.0383. The monoisotopic (exact) mass is 669 g/mol. The number of carbonyl (C=O) groups excluding carboxylic acids is 7. The lowest BCUT2D eigenvalue weighted by Crippen LogP contribution is -2.81. The number of urea groups is 1. The van der Waals surface area contributed by atoms with Crippen LogP contribution < -0.4 is 5.73 Å². The van der Waals surface area contributed by atoms with Crippen LogP contribution in [0.15, 0.2) is 4.99 Å². The molecule has 262 valence electrons. The summed E-state index contributed by atoms with van der Waals surface area (Å²) in [5.74, 6) is -6.08. The maximum Gasteiger partial charge on any atom is 0.360 e. The van der Waals surface area contributed by atoms with Gasteiger partial charge < -0.3 is 38.9 Å². The van der Waals surface area contributed by atoms with E-state index >= 15 is 0 Å². The zero-order chi connectivity index (χ0) is 35.8. The van der Waals surface area contributed by atoms with E-state index in [9.17, 15) is 33.6 Å². The molecule has 0 radical (unpaired) electrons. The quantitative estimate of drug-likeness (QED) is 0.250. The summed E-state index contributed by atoms with van der Waals surface area (Å²) in [5, 5.41) is 0. The van der Waals surface area contributed by atoms with Crippen molar-refractivity contribution in [1.29, 1.82) is 0 Å². The van der Waals surface area contributed by atoms with E-state index in [-0.39, 0.29) is 5.84 Å². The molecule has 17 nitrogen and oxygen atoms in total. The summed E-state index contributed by atoms with van der Waals surface area (Å²) in [7, 11) is 1.03. The van der Waals surface area contributed by atoms with E-state index < -0.39 is 114 Å². The summed E-state index contributed by atoms with van der Waals surface area (Å²) in [4.78, 5) is 94.4. The van der Waals surface area contributed by atoms with Crippen LogP contribution in [0.5, 0.6) is 0 Å². The van der Waals surface area contributed by atoms with Crippen molar-refractivity contribution in [2.24, 2.45) is 27.5 Å². The highest BCUT2D eigenvalue weighted by atomic mass is 16.7. The summed E-state index contributed by atoms with van der Waals surface area (Å²) in [5.41, 5.74) is 2.51. The highest BCUT2D eigenvalue weighted by Crippen LogP contribution is 2.64. The number of esters is 6. The van der Waals surface area contributed by atoms with E-state index in [4.69, 9.17) is 38.9 Å². The van der Waals surface area contributed by atoms with Crippen molar-refractivity contribution in [2.75, 3.05) is 13.7 Å². The fourth-order valence-electron chi connectivity index (χ4n) is 6.78. The molecule has 47 heavy (non-hydrogen) atoms. The van der Waals surface area contributed by atoms with Gasteiger partial charge in [0.2, 0.25) is 5.72 Å². The van der Waals surface area contributed by atoms with Gasteiger partial charge in [-0.05, 0) is 10.8 Å². The van der Waals surface area contributed by atoms with Gasteiger partial charge in [-0.15, -0.1) is 0 Å². The average Bonchev–Trinajstić information content (AvgIpc) is 2.93. The molecule has 0 aromatic rings. The molecule has 3 aliphatic rings. The van der Waals surface area contributed by atoms with Gasteiger partial charge in [0.05, 0.1) is 13.2 Å². The first-order chi connectivity index (χ1) is 21.6. The predicted octanol–water partition coefficient (Wildman–Crippen LogP) is 0.778. The van der Waals surface area contributed by atoms with Crippen molar-refractivity contribution >= 4 is 47.7 Å². The second kappa shape index (κ2) is 13.4. The van der Waals surface area contributed by atoms with Gasteiger partial charge in [-0.1, -0.05) is 27.7 Å². The summed E-state index contributed by atoms with van der Waals surface area (Å²) < 4.78 is 38.8. The molecule has 1 aliphatic carbocycles. The maximum atomic E-state index is 14.0. The molecule has 2 aliphatic heterocycles. The number of methoxy groups -OCH3 is 1. The van der Waals surface area contributed by atoms with Crippen molar-refractivity contribution in [3.63, 3.8) is 0 Å². The number of rotatable bonds is 10. The molecule has 2 N–H and O–H groups in total. The van der Waals surface area contributed by atoms with E-state index in [1.165, 1.54) is 0 Å². The Labute approximate surface area is 271 Å². The third-order valence-electron chi connectivity index (χ3n) is 9.29. The third kappa shape index (κ3) is 6.89. The third-order valence-corrected chi connectivity index (χ3v) is 9.29. The lowest BCUT2D eigenvalue weighted by molar-refractivity contribution is -0.309. The number of hydrogen-bond donors (Lipinski definition) is 1. The molecule has 2 fully saturated rings.